The van der Waals surface area contributed by atoms with Gasteiger partial charge in [-0.25, -0.2) is 0 Å². The largest absolute Gasteiger partial charge is 0.352 e. The maximum Gasteiger partial charge on any atom is 0.269 e. The van der Waals surface area contributed by atoms with Crippen LogP contribution in [-0.2, 0) is 11.2 Å². The van der Waals surface area contributed by atoms with Gasteiger partial charge < -0.3 is 5.32 Å². The van der Waals surface area contributed by atoms with Crippen molar-refractivity contribution in [3.05, 3.63) is 83.4 Å². The van der Waals surface area contributed by atoms with E-state index in [2.05, 4.69) is 16.2 Å². The van der Waals surface area contributed by atoms with Gasteiger partial charge in [-0.3, -0.25) is 25.2 Å². The maximum absolute atomic E-state index is 12.3. The molecule has 0 aliphatic carbocycles. The Labute approximate surface area is 169 Å². The normalized spacial score (nSPS) is 10.4. The number of fused-ring (bicyclic) bond motifs is 1. The predicted octanol–water partition coefficient (Wildman–Crippen LogP) is 2.98. The van der Waals surface area contributed by atoms with Crippen LogP contribution in [0.1, 0.15) is 39.6 Å². The SMILES string of the molecule is CCc1ccc(C(=O)NNC(=O)CCNC(=O)c2ccc3ccccc3c2)cc1. The summed E-state index contributed by atoms with van der Waals surface area (Å²) in [4.78, 5) is 36.2. The lowest BCUT2D eigenvalue weighted by atomic mass is 10.1. The van der Waals surface area contributed by atoms with Crippen molar-refractivity contribution in [1.29, 1.82) is 0 Å². The lowest BCUT2D eigenvalue weighted by Crippen LogP contribution is -2.42. The van der Waals surface area contributed by atoms with Crippen LogP contribution in [0.15, 0.2) is 66.7 Å². The van der Waals surface area contributed by atoms with Gasteiger partial charge in [-0.1, -0.05) is 49.4 Å². The molecule has 0 radical (unpaired) electrons. The number of carbonyl (C=O) groups is 3. The monoisotopic (exact) mass is 389 g/mol. The molecule has 0 heterocycles. The van der Waals surface area contributed by atoms with E-state index < -0.39 is 0 Å². The van der Waals surface area contributed by atoms with Gasteiger partial charge in [-0.15, -0.1) is 0 Å². The van der Waals surface area contributed by atoms with E-state index in [0.717, 1.165) is 22.8 Å². The summed E-state index contributed by atoms with van der Waals surface area (Å²) in [7, 11) is 0. The van der Waals surface area contributed by atoms with E-state index in [0.29, 0.717) is 11.1 Å². The third-order valence-electron chi connectivity index (χ3n) is 4.59. The summed E-state index contributed by atoms with van der Waals surface area (Å²) in [5, 5.41) is 4.75. The zero-order chi connectivity index (χ0) is 20.6. The van der Waals surface area contributed by atoms with Crippen molar-refractivity contribution < 1.29 is 14.4 Å². The van der Waals surface area contributed by atoms with Crippen LogP contribution in [0.2, 0.25) is 0 Å². The highest BCUT2D eigenvalue weighted by atomic mass is 16.2. The van der Waals surface area contributed by atoms with Crippen LogP contribution in [0.5, 0.6) is 0 Å². The van der Waals surface area contributed by atoms with Crippen molar-refractivity contribution in [3.63, 3.8) is 0 Å². The summed E-state index contributed by atoms with van der Waals surface area (Å²) in [5.41, 5.74) is 6.86. The Hall–Kier alpha value is -3.67. The number of carbonyl (C=O) groups excluding carboxylic acids is 3. The molecular weight excluding hydrogens is 366 g/mol. The molecule has 0 aliphatic heterocycles. The third-order valence-corrected chi connectivity index (χ3v) is 4.59. The molecule has 29 heavy (non-hydrogen) atoms. The van der Waals surface area contributed by atoms with Crippen LogP contribution >= 0.6 is 0 Å². The molecule has 3 aromatic carbocycles. The Morgan fingerprint density at radius 2 is 1.45 bits per heavy atom. The van der Waals surface area contributed by atoms with Crippen molar-refractivity contribution >= 4 is 28.5 Å². The van der Waals surface area contributed by atoms with Crippen LogP contribution in [0.4, 0.5) is 0 Å². The zero-order valence-corrected chi connectivity index (χ0v) is 16.2. The number of rotatable bonds is 6. The Kier molecular flexibility index (Phi) is 6.58. The smallest absolute Gasteiger partial charge is 0.269 e. The highest BCUT2D eigenvalue weighted by molar-refractivity contribution is 5.99. The molecule has 3 rings (SSSR count). The van der Waals surface area contributed by atoms with Crippen molar-refractivity contribution in [3.8, 4) is 0 Å². The first-order chi connectivity index (χ1) is 14.1. The van der Waals surface area contributed by atoms with Gasteiger partial charge in [-0.2, -0.15) is 0 Å². The molecule has 0 spiro atoms. The quantitative estimate of drug-likeness (QED) is 0.567. The first-order valence-electron chi connectivity index (χ1n) is 9.52. The molecule has 6 heteroatoms. The highest BCUT2D eigenvalue weighted by Crippen LogP contribution is 2.15. The van der Waals surface area contributed by atoms with E-state index in [1.807, 2.05) is 55.5 Å². The lowest BCUT2D eigenvalue weighted by Gasteiger charge is -2.09. The number of amides is 3. The highest BCUT2D eigenvalue weighted by Gasteiger charge is 2.09. The van der Waals surface area contributed by atoms with Crippen LogP contribution in [0.3, 0.4) is 0 Å². The summed E-state index contributed by atoms with van der Waals surface area (Å²) in [6.07, 6.45) is 0.942. The molecule has 0 atom stereocenters. The fourth-order valence-corrected chi connectivity index (χ4v) is 2.88. The minimum Gasteiger partial charge on any atom is -0.352 e. The molecule has 3 aromatic rings. The van der Waals surface area contributed by atoms with Crippen molar-refractivity contribution in [2.45, 2.75) is 19.8 Å². The van der Waals surface area contributed by atoms with E-state index >= 15 is 0 Å². The van der Waals surface area contributed by atoms with Crippen LogP contribution in [-0.4, -0.2) is 24.3 Å². The Morgan fingerprint density at radius 1 is 0.759 bits per heavy atom. The van der Waals surface area contributed by atoms with Gasteiger partial charge in [0.2, 0.25) is 5.91 Å². The van der Waals surface area contributed by atoms with Gasteiger partial charge in [0.05, 0.1) is 0 Å². The molecule has 6 nitrogen and oxygen atoms in total. The zero-order valence-electron chi connectivity index (χ0n) is 16.2. The van der Waals surface area contributed by atoms with Crippen LogP contribution in [0.25, 0.3) is 10.8 Å². The van der Waals surface area contributed by atoms with E-state index in [-0.39, 0.29) is 30.7 Å². The molecule has 0 saturated heterocycles. The molecule has 0 aliphatic rings. The maximum atomic E-state index is 12.3. The van der Waals surface area contributed by atoms with E-state index in [4.69, 9.17) is 0 Å². The van der Waals surface area contributed by atoms with Gasteiger partial charge in [0, 0.05) is 24.1 Å². The Morgan fingerprint density at radius 3 is 2.17 bits per heavy atom. The van der Waals surface area contributed by atoms with Crippen LogP contribution in [0, 0.1) is 0 Å². The number of hydrogen-bond acceptors (Lipinski definition) is 3. The second-order valence-corrected chi connectivity index (χ2v) is 6.62. The molecule has 3 amide bonds. The van der Waals surface area contributed by atoms with Gasteiger partial charge in [0.25, 0.3) is 11.8 Å². The van der Waals surface area contributed by atoms with Crippen molar-refractivity contribution in [2.75, 3.05) is 6.54 Å². The van der Waals surface area contributed by atoms with Gasteiger partial charge in [-0.05, 0) is 47.0 Å². The summed E-state index contributed by atoms with van der Waals surface area (Å²) in [6.45, 7) is 2.20. The molecule has 0 bridgehead atoms. The fourth-order valence-electron chi connectivity index (χ4n) is 2.88. The summed E-state index contributed by atoms with van der Waals surface area (Å²) in [6, 6.07) is 20.4. The van der Waals surface area contributed by atoms with Gasteiger partial charge in [0.1, 0.15) is 0 Å². The number of benzene rings is 3. The van der Waals surface area contributed by atoms with Crippen LogP contribution < -0.4 is 16.2 Å². The standard InChI is InChI=1S/C23H23N3O3/c1-2-16-7-9-18(10-8-16)23(29)26-25-21(27)13-14-24-22(28)20-12-11-17-5-3-4-6-19(17)15-20/h3-12,15H,2,13-14H2,1H3,(H,24,28)(H,25,27)(H,26,29). The molecule has 3 N–H and O–H groups in total. The molecule has 0 unspecified atom stereocenters. The van der Waals surface area contributed by atoms with E-state index in [9.17, 15) is 14.4 Å². The second-order valence-electron chi connectivity index (χ2n) is 6.62. The summed E-state index contributed by atoms with van der Waals surface area (Å²) >= 11 is 0. The molecule has 148 valence electrons. The minimum atomic E-state index is -0.388. The lowest BCUT2D eigenvalue weighted by molar-refractivity contribution is -0.121. The van der Waals surface area contributed by atoms with Crippen molar-refractivity contribution in [1.82, 2.24) is 16.2 Å². The number of aryl methyl sites for hydroxylation is 1. The summed E-state index contributed by atoms with van der Waals surface area (Å²) < 4.78 is 0. The summed E-state index contributed by atoms with van der Waals surface area (Å²) in [5.74, 6) is -1.02. The second kappa shape index (κ2) is 9.50. The molecule has 0 saturated carbocycles. The topological polar surface area (TPSA) is 87.3 Å². The van der Waals surface area contributed by atoms with Gasteiger partial charge >= 0.3 is 0 Å². The predicted molar refractivity (Wildman–Crippen MR) is 112 cm³/mol. The van der Waals surface area contributed by atoms with E-state index in [1.165, 1.54) is 0 Å². The fraction of sp³-hybridized carbons (Fsp3) is 0.174. The van der Waals surface area contributed by atoms with E-state index in [1.54, 1.807) is 18.2 Å². The average Bonchev–Trinajstić information content (AvgIpc) is 2.77. The van der Waals surface area contributed by atoms with Gasteiger partial charge in [0.15, 0.2) is 0 Å². The molecule has 0 aromatic heterocycles. The molecular formula is C23H23N3O3. The Bertz CT molecular complexity index is 1030. The number of hydrogen-bond donors (Lipinski definition) is 3. The number of nitrogens with one attached hydrogen (secondary N) is 3. The van der Waals surface area contributed by atoms with Crippen molar-refractivity contribution in [2.24, 2.45) is 0 Å². The molecule has 0 fully saturated rings. The average molecular weight is 389 g/mol. The number of hydrazine groups is 1. The first-order valence-corrected chi connectivity index (χ1v) is 9.52. The Balaban J connectivity index is 1.42. The third kappa shape index (κ3) is 5.42. The minimum absolute atomic E-state index is 0.0500. The first kappa shape index (κ1) is 20.1.